The zero-order valence-corrected chi connectivity index (χ0v) is 15.4. The van der Waals surface area contributed by atoms with Crippen LogP contribution in [0.1, 0.15) is 30.1 Å². The smallest absolute Gasteiger partial charge is 0.345 e. The van der Waals surface area contributed by atoms with Crippen LogP contribution < -0.4 is 10.6 Å². The minimum absolute atomic E-state index is 0.148. The SMILES string of the molecule is CCOC(=O)c1c(N)nn2ccc(N3CCCC3)nc12.Fc1ccc(F)cc1. The van der Waals surface area contributed by atoms with Gasteiger partial charge in [0.2, 0.25) is 0 Å². The van der Waals surface area contributed by atoms with Gasteiger partial charge in [0.05, 0.1) is 6.61 Å². The zero-order chi connectivity index (χ0) is 20.1. The number of nitrogens with two attached hydrogens (primary N) is 1. The van der Waals surface area contributed by atoms with Crippen molar-refractivity contribution in [2.24, 2.45) is 0 Å². The molecule has 0 aliphatic carbocycles. The lowest BCUT2D eigenvalue weighted by Crippen LogP contribution is -2.19. The molecule has 1 fully saturated rings. The number of carbonyl (C=O) groups excluding carboxylic acids is 1. The van der Waals surface area contributed by atoms with Crippen LogP contribution in [-0.4, -0.2) is 40.3 Å². The third-order valence-electron chi connectivity index (χ3n) is 4.21. The highest BCUT2D eigenvalue weighted by Crippen LogP contribution is 2.22. The molecule has 7 nitrogen and oxygen atoms in total. The standard InChI is InChI=1S/C13H17N5O2.C6H4F2/c1-2-20-13(19)10-11(14)16-18-8-5-9(15-12(10)18)17-6-3-4-7-17;7-5-1-2-6(8)4-3-5/h5,8H,2-4,6-7H2,1H3,(H2,14,16);1-4H. The molecule has 0 bridgehead atoms. The summed E-state index contributed by atoms with van der Waals surface area (Å²) in [5.41, 5.74) is 6.49. The van der Waals surface area contributed by atoms with Crippen molar-refractivity contribution in [1.29, 1.82) is 0 Å². The van der Waals surface area contributed by atoms with Gasteiger partial charge >= 0.3 is 5.97 Å². The molecule has 3 heterocycles. The van der Waals surface area contributed by atoms with E-state index in [2.05, 4.69) is 15.0 Å². The number of rotatable bonds is 3. The molecule has 148 valence electrons. The van der Waals surface area contributed by atoms with E-state index >= 15 is 0 Å². The second kappa shape index (κ2) is 8.64. The molecule has 1 aromatic carbocycles. The highest BCUT2D eigenvalue weighted by Gasteiger charge is 2.22. The van der Waals surface area contributed by atoms with Crippen molar-refractivity contribution in [3.05, 3.63) is 53.7 Å². The predicted octanol–water partition coefficient (Wildman–Crippen LogP) is 3.05. The Labute approximate surface area is 160 Å². The van der Waals surface area contributed by atoms with Crippen molar-refractivity contribution in [2.75, 3.05) is 30.3 Å². The molecule has 0 atom stereocenters. The number of nitrogen functional groups attached to an aromatic ring is 1. The summed E-state index contributed by atoms with van der Waals surface area (Å²) >= 11 is 0. The second-order valence-corrected chi connectivity index (χ2v) is 6.17. The molecule has 1 saturated heterocycles. The molecule has 1 aliphatic rings. The van der Waals surface area contributed by atoms with E-state index in [-0.39, 0.29) is 11.4 Å². The summed E-state index contributed by atoms with van der Waals surface area (Å²) in [7, 11) is 0. The van der Waals surface area contributed by atoms with Gasteiger partial charge in [-0.15, -0.1) is 5.10 Å². The number of halogens is 2. The monoisotopic (exact) mass is 389 g/mol. The summed E-state index contributed by atoms with van der Waals surface area (Å²) in [6, 6.07) is 6.20. The van der Waals surface area contributed by atoms with Gasteiger partial charge in [-0.2, -0.15) is 0 Å². The Morgan fingerprint density at radius 3 is 2.32 bits per heavy atom. The number of carbonyl (C=O) groups is 1. The normalized spacial score (nSPS) is 13.3. The van der Waals surface area contributed by atoms with Gasteiger partial charge in [-0.3, -0.25) is 0 Å². The van der Waals surface area contributed by atoms with Gasteiger partial charge in [0.1, 0.15) is 23.0 Å². The summed E-state index contributed by atoms with van der Waals surface area (Å²) in [5, 5.41) is 4.10. The molecule has 3 aromatic rings. The molecular weight excluding hydrogens is 368 g/mol. The number of nitrogens with zero attached hydrogens (tertiary/aromatic N) is 4. The average Bonchev–Trinajstić information content (AvgIpc) is 3.31. The number of aromatic nitrogens is 3. The van der Waals surface area contributed by atoms with E-state index in [1.165, 1.54) is 17.4 Å². The van der Waals surface area contributed by atoms with E-state index in [9.17, 15) is 13.6 Å². The quantitative estimate of drug-likeness (QED) is 0.693. The van der Waals surface area contributed by atoms with E-state index in [0.29, 0.717) is 12.3 Å². The number of benzene rings is 1. The third kappa shape index (κ3) is 4.36. The Morgan fingerprint density at radius 1 is 1.14 bits per heavy atom. The van der Waals surface area contributed by atoms with E-state index in [1.54, 1.807) is 13.1 Å². The summed E-state index contributed by atoms with van der Waals surface area (Å²) in [5.74, 6) is -0.307. The summed E-state index contributed by atoms with van der Waals surface area (Å²) in [4.78, 5) is 18.7. The van der Waals surface area contributed by atoms with Gasteiger partial charge < -0.3 is 15.4 Å². The summed E-state index contributed by atoms with van der Waals surface area (Å²) in [6.07, 6.45) is 4.10. The first-order valence-electron chi connectivity index (χ1n) is 8.97. The maximum Gasteiger partial charge on any atom is 0.345 e. The number of anilines is 2. The van der Waals surface area contributed by atoms with Crippen LogP contribution in [0, 0.1) is 11.6 Å². The van der Waals surface area contributed by atoms with Crippen LogP contribution in [0.2, 0.25) is 0 Å². The predicted molar refractivity (Wildman–Crippen MR) is 101 cm³/mol. The number of fused-ring (bicyclic) bond motifs is 1. The van der Waals surface area contributed by atoms with E-state index in [4.69, 9.17) is 10.5 Å². The molecule has 1 aliphatic heterocycles. The van der Waals surface area contributed by atoms with Crippen molar-refractivity contribution >= 4 is 23.3 Å². The molecule has 0 unspecified atom stereocenters. The molecule has 2 N–H and O–H groups in total. The van der Waals surface area contributed by atoms with E-state index < -0.39 is 17.6 Å². The molecule has 4 rings (SSSR count). The first kappa shape index (κ1) is 19.5. The highest BCUT2D eigenvalue weighted by atomic mass is 19.1. The van der Waals surface area contributed by atoms with Crippen LogP contribution in [0.25, 0.3) is 5.65 Å². The van der Waals surface area contributed by atoms with Crippen molar-refractivity contribution in [3.8, 4) is 0 Å². The Kier molecular flexibility index (Phi) is 6.03. The zero-order valence-electron chi connectivity index (χ0n) is 15.4. The Balaban J connectivity index is 0.000000236. The van der Waals surface area contributed by atoms with Crippen LogP contribution in [0.4, 0.5) is 20.4 Å². The van der Waals surface area contributed by atoms with Crippen LogP contribution in [0.5, 0.6) is 0 Å². The number of hydrogen-bond acceptors (Lipinski definition) is 6. The summed E-state index contributed by atoms with van der Waals surface area (Å²) in [6.45, 7) is 4.02. The van der Waals surface area contributed by atoms with E-state index in [1.807, 2.05) is 6.07 Å². The second-order valence-electron chi connectivity index (χ2n) is 6.17. The van der Waals surface area contributed by atoms with Crippen molar-refractivity contribution in [1.82, 2.24) is 14.6 Å². The lowest BCUT2D eigenvalue weighted by molar-refractivity contribution is 0.0529. The number of hydrogen-bond donors (Lipinski definition) is 1. The fourth-order valence-corrected chi connectivity index (χ4v) is 2.89. The maximum atomic E-state index is 12.0. The van der Waals surface area contributed by atoms with Gasteiger partial charge in [0.25, 0.3) is 0 Å². The molecule has 2 aromatic heterocycles. The minimum atomic E-state index is -0.480. The molecule has 0 spiro atoms. The maximum absolute atomic E-state index is 12.0. The fraction of sp³-hybridized carbons (Fsp3) is 0.316. The molecule has 0 saturated carbocycles. The van der Waals surface area contributed by atoms with Crippen molar-refractivity contribution in [2.45, 2.75) is 19.8 Å². The van der Waals surface area contributed by atoms with Gasteiger partial charge in [0, 0.05) is 19.3 Å². The molecule has 0 amide bonds. The van der Waals surface area contributed by atoms with Gasteiger partial charge in [-0.1, -0.05) is 0 Å². The topological polar surface area (TPSA) is 85.8 Å². The Hall–Kier alpha value is -3.23. The Bertz CT molecular complexity index is 932. The average molecular weight is 389 g/mol. The van der Waals surface area contributed by atoms with Crippen LogP contribution >= 0.6 is 0 Å². The van der Waals surface area contributed by atoms with Gasteiger partial charge in [-0.25, -0.2) is 23.1 Å². The first-order chi connectivity index (χ1) is 13.5. The largest absolute Gasteiger partial charge is 0.462 e. The minimum Gasteiger partial charge on any atom is -0.462 e. The molecule has 28 heavy (non-hydrogen) atoms. The van der Waals surface area contributed by atoms with Gasteiger partial charge in [-0.05, 0) is 50.1 Å². The summed E-state index contributed by atoms with van der Waals surface area (Å²) < 4.78 is 30.4. The first-order valence-corrected chi connectivity index (χ1v) is 8.97. The van der Waals surface area contributed by atoms with Crippen LogP contribution in [0.15, 0.2) is 36.5 Å². The highest BCUT2D eigenvalue weighted by molar-refractivity contribution is 6.00. The van der Waals surface area contributed by atoms with Crippen LogP contribution in [0.3, 0.4) is 0 Å². The molecule has 9 heteroatoms. The lowest BCUT2D eigenvalue weighted by atomic mass is 10.3. The van der Waals surface area contributed by atoms with Crippen LogP contribution in [-0.2, 0) is 4.74 Å². The molecule has 0 radical (unpaired) electrons. The van der Waals surface area contributed by atoms with Crippen molar-refractivity contribution in [3.63, 3.8) is 0 Å². The van der Waals surface area contributed by atoms with Gasteiger partial charge in [0.15, 0.2) is 11.5 Å². The van der Waals surface area contributed by atoms with Crippen molar-refractivity contribution < 1.29 is 18.3 Å². The Morgan fingerprint density at radius 2 is 1.75 bits per heavy atom. The third-order valence-corrected chi connectivity index (χ3v) is 4.21. The number of esters is 1. The fourth-order valence-electron chi connectivity index (χ4n) is 2.89. The lowest BCUT2D eigenvalue weighted by Gasteiger charge is -2.15. The number of ether oxygens (including phenoxy) is 1. The van der Waals surface area contributed by atoms with E-state index in [0.717, 1.165) is 43.2 Å². The molecular formula is C19H21F2N5O2.